The highest BCUT2D eigenvalue weighted by molar-refractivity contribution is 7.22. The second-order valence-corrected chi connectivity index (χ2v) is 7.35. The molecule has 2 aromatic carbocycles. The number of carbonyl (C=O) groups excluding carboxylic acids is 2. The summed E-state index contributed by atoms with van der Waals surface area (Å²) in [6.45, 7) is 4.06. The molecular weight excluding hydrogens is 390 g/mol. The standard InChI is InChI=1S/C21H17N3O4S/c1-3-27-20(26)14-8-9-15-18(10-14)29-21(22-15)23-19(25)16-11-17(28-24-16)13-6-4-12(2)5-7-13/h4-11H,3H2,1-2H3,(H,22,23,25). The minimum absolute atomic E-state index is 0.159. The Morgan fingerprint density at radius 2 is 1.93 bits per heavy atom. The van der Waals surface area contributed by atoms with Crippen molar-refractivity contribution in [1.29, 1.82) is 0 Å². The van der Waals surface area contributed by atoms with Crippen LogP contribution in [0.25, 0.3) is 21.5 Å². The maximum absolute atomic E-state index is 12.5. The van der Waals surface area contributed by atoms with Gasteiger partial charge in [-0.15, -0.1) is 0 Å². The van der Waals surface area contributed by atoms with Gasteiger partial charge in [0.05, 0.1) is 22.4 Å². The first kappa shape index (κ1) is 18.8. The van der Waals surface area contributed by atoms with E-state index in [0.717, 1.165) is 15.8 Å². The smallest absolute Gasteiger partial charge is 0.338 e. The Morgan fingerprint density at radius 1 is 1.14 bits per heavy atom. The van der Waals surface area contributed by atoms with Crippen LogP contribution in [0.4, 0.5) is 5.13 Å². The number of nitrogens with one attached hydrogen (secondary N) is 1. The van der Waals surface area contributed by atoms with Gasteiger partial charge in [0, 0.05) is 11.6 Å². The van der Waals surface area contributed by atoms with Gasteiger partial charge in [-0.1, -0.05) is 46.3 Å². The van der Waals surface area contributed by atoms with Crippen LogP contribution in [-0.4, -0.2) is 28.6 Å². The van der Waals surface area contributed by atoms with Gasteiger partial charge in [-0.05, 0) is 32.0 Å². The maximum Gasteiger partial charge on any atom is 0.338 e. The van der Waals surface area contributed by atoms with Gasteiger partial charge in [0.1, 0.15) is 0 Å². The van der Waals surface area contributed by atoms with E-state index in [9.17, 15) is 9.59 Å². The fourth-order valence-electron chi connectivity index (χ4n) is 2.72. The summed E-state index contributed by atoms with van der Waals surface area (Å²) >= 11 is 1.27. The highest BCUT2D eigenvalue weighted by atomic mass is 32.1. The highest BCUT2D eigenvalue weighted by Gasteiger charge is 2.16. The van der Waals surface area contributed by atoms with Crippen molar-refractivity contribution in [2.75, 3.05) is 11.9 Å². The number of ether oxygens (including phenoxy) is 1. The first-order valence-corrected chi connectivity index (χ1v) is 9.78. The third-order valence-electron chi connectivity index (χ3n) is 4.20. The van der Waals surface area contributed by atoms with Crippen molar-refractivity contribution in [2.24, 2.45) is 0 Å². The molecule has 0 aliphatic rings. The molecule has 1 amide bonds. The van der Waals surface area contributed by atoms with Crippen molar-refractivity contribution in [3.63, 3.8) is 0 Å². The van der Waals surface area contributed by atoms with Crippen molar-refractivity contribution in [3.8, 4) is 11.3 Å². The molecule has 29 heavy (non-hydrogen) atoms. The molecule has 0 saturated heterocycles. The average molecular weight is 407 g/mol. The number of anilines is 1. The number of hydrogen-bond donors (Lipinski definition) is 1. The predicted octanol–water partition coefficient (Wildman–Crippen LogP) is 4.69. The lowest BCUT2D eigenvalue weighted by Crippen LogP contribution is -2.11. The minimum atomic E-state index is -0.420. The molecule has 0 aliphatic heterocycles. The molecule has 0 saturated carbocycles. The van der Waals surface area contributed by atoms with Crippen molar-refractivity contribution in [3.05, 3.63) is 65.4 Å². The Morgan fingerprint density at radius 3 is 2.69 bits per heavy atom. The second kappa shape index (κ2) is 7.84. The Bertz CT molecular complexity index is 1190. The zero-order valence-corrected chi connectivity index (χ0v) is 16.6. The van der Waals surface area contributed by atoms with E-state index in [4.69, 9.17) is 9.26 Å². The third kappa shape index (κ3) is 4.02. The van der Waals surface area contributed by atoms with E-state index in [-0.39, 0.29) is 11.7 Å². The summed E-state index contributed by atoms with van der Waals surface area (Å²) in [4.78, 5) is 28.8. The second-order valence-electron chi connectivity index (χ2n) is 6.32. The van der Waals surface area contributed by atoms with Crippen molar-refractivity contribution < 1.29 is 18.8 Å². The van der Waals surface area contributed by atoms with Crippen LogP contribution >= 0.6 is 11.3 Å². The van der Waals surface area contributed by atoms with E-state index in [0.29, 0.717) is 28.6 Å². The molecule has 0 fully saturated rings. The number of thiazole rings is 1. The molecule has 0 bridgehead atoms. The summed E-state index contributed by atoms with van der Waals surface area (Å²) in [7, 11) is 0. The van der Waals surface area contributed by atoms with Crippen LogP contribution in [0.3, 0.4) is 0 Å². The summed E-state index contributed by atoms with van der Waals surface area (Å²) in [5.41, 5.74) is 3.26. The van der Waals surface area contributed by atoms with Crippen LogP contribution < -0.4 is 5.32 Å². The lowest BCUT2D eigenvalue weighted by atomic mass is 10.1. The van der Waals surface area contributed by atoms with E-state index in [1.807, 2.05) is 31.2 Å². The number of amides is 1. The lowest BCUT2D eigenvalue weighted by molar-refractivity contribution is 0.0526. The van der Waals surface area contributed by atoms with Crippen LogP contribution in [0.5, 0.6) is 0 Å². The van der Waals surface area contributed by atoms with Crippen LogP contribution in [0.15, 0.2) is 53.1 Å². The van der Waals surface area contributed by atoms with E-state index < -0.39 is 5.91 Å². The molecule has 8 heteroatoms. The molecule has 0 atom stereocenters. The molecule has 0 radical (unpaired) electrons. The van der Waals surface area contributed by atoms with E-state index >= 15 is 0 Å². The fraction of sp³-hybridized carbons (Fsp3) is 0.143. The highest BCUT2D eigenvalue weighted by Crippen LogP contribution is 2.28. The van der Waals surface area contributed by atoms with Crippen molar-refractivity contribution >= 4 is 38.6 Å². The number of carbonyl (C=O) groups is 2. The maximum atomic E-state index is 12.5. The summed E-state index contributed by atoms with van der Waals surface area (Å²) in [6, 6.07) is 14.4. The topological polar surface area (TPSA) is 94.3 Å². The van der Waals surface area contributed by atoms with Gasteiger partial charge in [0.25, 0.3) is 5.91 Å². The first-order chi connectivity index (χ1) is 14.0. The van der Waals surface area contributed by atoms with Gasteiger partial charge >= 0.3 is 5.97 Å². The zero-order chi connectivity index (χ0) is 20.4. The average Bonchev–Trinajstić information content (AvgIpc) is 3.35. The fourth-order valence-corrected chi connectivity index (χ4v) is 3.62. The Labute approximate surface area is 170 Å². The quantitative estimate of drug-likeness (QED) is 0.482. The van der Waals surface area contributed by atoms with Gasteiger partial charge < -0.3 is 9.26 Å². The molecule has 0 unspecified atom stereocenters. The molecule has 0 spiro atoms. The van der Waals surface area contributed by atoms with Crippen LogP contribution in [-0.2, 0) is 4.74 Å². The lowest BCUT2D eigenvalue weighted by Gasteiger charge is -2.00. The Hall–Kier alpha value is -3.52. The number of benzene rings is 2. The van der Waals surface area contributed by atoms with E-state index in [1.54, 1.807) is 31.2 Å². The first-order valence-electron chi connectivity index (χ1n) is 8.96. The van der Waals surface area contributed by atoms with E-state index in [2.05, 4.69) is 15.5 Å². The number of hydrogen-bond acceptors (Lipinski definition) is 7. The number of rotatable bonds is 5. The van der Waals surface area contributed by atoms with Crippen molar-refractivity contribution in [2.45, 2.75) is 13.8 Å². The third-order valence-corrected chi connectivity index (χ3v) is 5.13. The molecule has 4 rings (SSSR count). The molecule has 2 heterocycles. The number of aryl methyl sites for hydroxylation is 1. The van der Waals surface area contributed by atoms with Gasteiger partial charge in [0.15, 0.2) is 16.6 Å². The van der Waals surface area contributed by atoms with Crippen LogP contribution in [0.1, 0.15) is 33.3 Å². The molecule has 0 aliphatic carbocycles. The van der Waals surface area contributed by atoms with Gasteiger partial charge in [0.2, 0.25) is 0 Å². The van der Waals surface area contributed by atoms with E-state index in [1.165, 1.54) is 11.3 Å². The number of fused-ring (bicyclic) bond motifs is 1. The normalized spacial score (nSPS) is 10.8. The Balaban J connectivity index is 1.51. The van der Waals surface area contributed by atoms with Gasteiger partial charge in [-0.25, -0.2) is 9.78 Å². The SMILES string of the molecule is CCOC(=O)c1ccc2nc(NC(=O)c3cc(-c4ccc(C)cc4)on3)sc2c1. The van der Waals surface area contributed by atoms with Crippen molar-refractivity contribution in [1.82, 2.24) is 10.1 Å². The number of nitrogens with zero attached hydrogens (tertiary/aromatic N) is 2. The number of aromatic nitrogens is 2. The summed E-state index contributed by atoms with van der Waals surface area (Å²) in [5, 5.41) is 6.98. The molecule has 1 N–H and O–H groups in total. The summed E-state index contributed by atoms with van der Waals surface area (Å²) in [5.74, 6) is -0.296. The summed E-state index contributed by atoms with van der Waals surface area (Å²) < 4.78 is 11.1. The largest absolute Gasteiger partial charge is 0.462 e. The Kier molecular flexibility index (Phi) is 5.09. The molecule has 146 valence electrons. The minimum Gasteiger partial charge on any atom is -0.462 e. The monoisotopic (exact) mass is 407 g/mol. The summed E-state index contributed by atoms with van der Waals surface area (Å²) in [6.07, 6.45) is 0. The van der Waals surface area contributed by atoms with Crippen LogP contribution in [0, 0.1) is 6.92 Å². The molecular formula is C21H17N3O4S. The van der Waals surface area contributed by atoms with Gasteiger partial charge in [-0.3, -0.25) is 10.1 Å². The zero-order valence-electron chi connectivity index (χ0n) is 15.8. The molecule has 2 aromatic heterocycles. The van der Waals surface area contributed by atoms with Gasteiger partial charge in [-0.2, -0.15) is 0 Å². The predicted molar refractivity (Wildman–Crippen MR) is 110 cm³/mol. The molecule has 4 aromatic rings. The number of esters is 1. The van der Waals surface area contributed by atoms with Crippen LogP contribution in [0.2, 0.25) is 0 Å². The molecule has 7 nitrogen and oxygen atoms in total.